The van der Waals surface area contributed by atoms with E-state index in [4.69, 9.17) is 4.42 Å². The van der Waals surface area contributed by atoms with Crippen LogP contribution in [0.25, 0.3) is 22.4 Å². The molecule has 1 aliphatic carbocycles. The first-order valence-electron chi connectivity index (χ1n) is 11.6. The van der Waals surface area contributed by atoms with E-state index in [1.165, 1.54) is 42.7 Å². The van der Waals surface area contributed by atoms with E-state index in [9.17, 15) is 22.4 Å². The first-order valence-corrected chi connectivity index (χ1v) is 13.5. The molecule has 3 aromatic rings. The lowest BCUT2D eigenvalue weighted by Crippen LogP contribution is -2.32. The predicted molar refractivity (Wildman–Crippen MR) is 133 cm³/mol. The molecule has 1 saturated carbocycles. The number of halogens is 1. The van der Waals surface area contributed by atoms with Gasteiger partial charge in [-0.2, -0.15) is 4.98 Å². The minimum absolute atomic E-state index is 0.107. The highest BCUT2D eigenvalue weighted by Crippen LogP contribution is 2.46. The molecule has 2 aromatic heterocycles. The monoisotopic (exact) mass is 517 g/mol. The molecular weight excluding hydrogens is 489 g/mol. The molecule has 0 spiro atoms. The van der Waals surface area contributed by atoms with Gasteiger partial charge in [0.1, 0.15) is 17.4 Å². The number of hydrogen-bond donors (Lipinski definition) is 1. The van der Waals surface area contributed by atoms with Crippen molar-refractivity contribution in [1.29, 1.82) is 0 Å². The fraction of sp³-hybridized carbons (Fsp3) is 0.400. The lowest BCUT2D eigenvalue weighted by Gasteiger charge is -2.23. The van der Waals surface area contributed by atoms with Crippen molar-refractivity contribution >= 4 is 38.8 Å². The van der Waals surface area contributed by atoms with E-state index >= 15 is 0 Å². The van der Waals surface area contributed by atoms with Crippen molar-refractivity contribution < 1.29 is 31.6 Å². The van der Waals surface area contributed by atoms with Crippen LogP contribution in [-0.2, 0) is 19.6 Å². The SMILES string of the molecule is CNC(=O)c1c(-c2ccc(F)cc2)oc2nc(N(CCCCC(=O)OC)S(C)(=O)=O)c(C3CC3)cc12. The highest BCUT2D eigenvalue weighted by atomic mass is 32.2. The highest BCUT2D eigenvalue weighted by molar-refractivity contribution is 7.92. The molecule has 1 aliphatic rings. The number of rotatable bonds is 10. The van der Waals surface area contributed by atoms with Crippen molar-refractivity contribution in [1.82, 2.24) is 10.3 Å². The third kappa shape index (κ3) is 5.35. The zero-order chi connectivity index (χ0) is 26.0. The molecule has 0 saturated heterocycles. The van der Waals surface area contributed by atoms with Gasteiger partial charge in [0.2, 0.25) is 15.7 Å². The molecule has 1 N–H and O–H groups in total. The number of unbranched alkanes of at least 4 members (excludes halogenated alkanes) is 1. The van der Waals surface area contributed by atoms with Crippen LogP contribution >= 0.6 is 0 Å². The Balaban J connectivity index is 1.83. The molecule has 0 radical (unpaired) electrons. The third-order valence-corrected chi connectivity index (χ3v) is 7.28. The Bertz CT molecular complexity index is 1400. The number of pyridine rings is 1. The summed E-state index contributed by atoms with van der Waals surface area (Å²) in [4.78, 5) is 28.9. The Kier molecular flexibility index (Phi) is 7.30. The van der Waals surface area contributed by atoms with E-state index in [1.807, 2.05) is 0 Å². The first-order chi connectivity index (χ1) is 17.1. The van der Waals surface area contributed by atoms with Crippen LogP contribution in [0.2, 0.25) is 0 Å². The standard InChI is InChI=1S/C25H28FN3O6S/c1-27-24(31)21-19-14-18(15-7-8-15)23(29(36(3,32)33)13-5-4-6-20(30)34-2)28-25(19)35-22(21)16-9-11-17(26)12-10-16/h9-12,14-15H,4-8,13H2,1-3H3,(H,27,31). The number of esters is 1. The molecule has 11 heteroatoms. The fourth-order valence-corrected chi connectivity index (χ4v) is 5.06. The zero-order valence-corrected chi connectivity index (χ0v) is 21.2. The minimum atomic E-state index is -3.71. The number of methoxy groups -OCH3 is 1. The summed E-state index contributed by atoms with van der Waals surface area (Å²) in [6.07, 6.45) is 3.92. The maximum atomic E-state index is 13.5. The second kappa shape index (κ2) is 10.3. The molecule has 4 rings (SSSR count). The fourth-order valence-electron chi connectivity index (χ4n) is 4.13. The summed E-state index contributed by atoms with van der Waals surface area (Å²) in [6.45, 7) is 0.127. The topological polar surface area (TPSA) is 119 Å². The number of furan rings is 1. The summed E-state index contributed by atoms with van der Waals surface area (Å²) in [6, 6.07) is 7.33. The Labute approximate surface area is 208 Å². The normalized spacial score (nSPS) is 13.6. The number of benzene rings is 1. The smallest absolute Gasteiger partial charge is 0.305 e. The molecular formula is C25H28FN3O6S. The molecule has 1 fully saturated rings. The number of amides is 1. The van der Waals surface area contributed by atoms with Crippen molar-refractivity contribution in [3.8, 4) is 11.3 Å². The van der Waals surface area contributed by atoms with Crippen LogP contribution in [0, 0.1) is 5.82 Å². The maximum Gasteiger partial charge on any atom is 0.305 e. The number of hydrogen-bond acceptors (Lipinski definition) is 7. The van der Waals surface area contributed by atoms with Gasteiger partial charge in [-0.3, -0.25) is 13.9 Å². The third-order valence-electron chi connectivity index (χ3n) is 6.13. The first kappa shape index (κ1) is 25.6. The van der Waals surface area contributed by atoms with Crippen LogP contribution in [0.3, 0.4) is 0 Å². The van der Waals surface area contributed by atoms with Crippen molar-refractivity contribution in [2.75, 3.05) is 31.3 Å². The van der Waals surface area contributed by atoms with Crippen LogP contribution in [0.4, 0.5) is 10.2 Å². The lowest BCUT2D eigenvalue weighted by atomic mass is 10.0. The van der Waals surface area contributed by atoms with Crippen LogP contribution < -0.4 is 9.62 Å². The predicted octanol–water partition coefficient (Wildman–Crippen LogP) is 3.98. The minimum Gasteiger partial charge on any atom is -0.469 e. The molecule has 1 aromatic carbocycles. The zero-order valence-electron chi connectivity index (χ0n) is 20.3. The molecule has 0 unspecified atom stereocenters. The van der Waals surface area contributed by atoms with Gasteiger partial charge in [0, 0.05) is 25.6 Å². The Morgan fingerprint density at radius 1 is 1.22 bits per heavy atom. The number of ether oxygens (including phenoxy) is 1. The van der Waals surface area contributed by atoms with E-state index < -0.39 is 21.7 Å². The van der Waals surface area contributed by atoms with Gasteiger partial charge >= 0.3 is 5.97 Å². The Morgan fingerprint density at radius 3 is 2.50 bits per heavy atom. The summed E-state index contributed by atoms with van der Waals surface area (Å²) in [5.74, 6) is -0.591. The number of anilines is 1. The number of sulfonamides is 1. The number of carbonyl (C=O) groups is 2. The number of aromatic nitrogens is 1. The van der Waals surface area contributed by atoms with Gasteiger partial charge in [-0.15, -0.1) is 0 Å². The maximum absolute atomic E-state index is 13.5. The lowest BCUT2D eigenvalue weighted by molar-refractivity contribution is -0.140. The second-order valence-corrected chi connectivity index (χ2v) is 10.7. The largest absolute Gasteiger partial charge is 0.469 e. The van der Waals surface area contributed by atoms with Gasteiger partial charge in [0.05, 0.1) is 24.3 Å². The van der Waals surface area contributed by atoms with E-state index in [1.54, 1.807) is 6.07 Å². The van der Waals surface area contributed by atoms with Crippen molar-refractivity contribution in [2.45, 2.75) is 38.0 Å². The summed E-state index contributed by atoms with van der Waals surface area (Å²) < 4.78 is 51.0. The summed E-state index contributed by atoms with van der Waals surface area (Å²) >= 11 is 0. The molecule has 0 bridgehead atoms. The van der Waals surface area contributed by atoms with Gasteiger partial charge < -0.3 is 14.5 Å². The summed E-state index contributed by atoms with van der Waals surface area (Å²) in [5, 5.41) is 3.07. The Morgan fingerprint density at radius 2 is 1.92 bits per heavy atom. The van der Waals surface area contributed by atoms with Gasteiger partial charge in [0.15, 0.2) is 0 Å². The van der Waals surface area contributed by atoms with Crippen LogP contribution in [0.15, 0.2) is 34.7 Å². The van der Waals surface area contributed by atoms with Crippen LogP contribution in [0.5, 0.6) is 0 Å². The van der Waals surface area contributed by atoms with Gasteiger partial charge in [-0.1, -0.05) is 0 Å². The quantitative estimate of drug-likeness (QED) is 0.319. The number of carbonyl (C=O) groups excluding carboxylic acids is 2. The molecule has 0 atom stereocenters. The highest BCUT2D eigenvalue weighted by Gasteiger charge is 2.34. The number of nitrogens with zero attached hydrogens (tertiary/aromatic N) is 2. The average Bonchev–Trinajstić information content (AvgIpc) is 3.62. The molecule has 36 heavy (non-hydrogen) atoms. The molecule has 0 aliphatic heterocycles. The van der Waals surface area contributed by atoms with E-state index in [-0.39, 0.29) is 47.7 Å². The van der Waals surface area contributed by atoms with Crippen molar-refractivity contribution in [2.24, 2.45) is 0 Å². The average molecular weight is 518 g/mol. The van der Waals surface area contributed by atoms with E-state index in [2.05, 4.69) is 15.0 Å². The van der Waals surface area contributed by atoms with E-state index in [0.717, 1.165) is 24.7 Å². The second-order valence-electron chi connectivity index (χ2n) is 8.79. The van der Waals surface area contributed by atoms with Gasteiger partial charge in [-0.05, 0) is 67.5 Å². The van der Waals surface area contributed by atoms with Crippen molar-refractivity contribution in [3.05, 3.63) is 47.3 Å². The molecule has 9 nitrogen and oxygen atoms in total. The summed E-state index contributed by atoms with van der Waals surface area (Å²) in [5.41, 5.74) is 1.57. The van der Waals surface area contributed by atoms with Crippen molar-refractivity contribution in [3.63, 3.8) is 0 Å². The molecule has 1 amide bonds. The summed E-state index contributed by atoms with van der Waals surface area (Å²) in [7, 11) is -0.903. The Hall–Kier alpha value is -3.47. The van der Waals surface area contributed by atoms with Gasteiger partial charge in [0.25, 0.3) is 5.91 Å². The van der Waals surface area contributed by atoms with E-state index in [0.29, 0.717) is 23.8 Å². The molecule has 2 heterocycles. The van der Waals surface area contributed by atoms with Gasteiger partial charge in [-0.25, -0.2) is 12.8 Å². The van der Waals surface area contributed by atoms with Crippen LogP contribution in [0.1, 0.15) is 53.9 Å². The number of fused-ring (bicyclic) bond motifs is 1. The number of nitrogens with one attached hydrogen (secondary N) is 1. The molecule has 192 valence electrons. The van der Waals surface area contributed by atoms with Crippen LogP contribution in [-0.4, -0.2) is 52.2 Å².